The van der Waals surface area contributed by atoms with Crippen molar-refractivity contribution in [2.75, 3.05) is 6.54 Å². The van der Waals surface area contributed by atoms with Gasteiger partial charge in [-0.3, -0.25) is 0 Å². The van der Waals surface area contributed by atoms with E-state index < -0.39 is 0 Å². The Labute approximate surface area is 354 Å². The van der Waals surface area contributed by atoms with Crippen LogP contribution in [0, 0.1) is 0 Å². The maximum absolute atomic E-state index is 13.3. The van der Waals surface area contributed by atoms with Crippen LogP contribution in [-0.4, -0.2) is 23.0 Å². The summed E-state index contributed by atoms with van der Waals surface area (Å²) >= 11 is 0. The molecule has 0 radical (unpaired) electrons. The zero-order chi connectivity index (χ0) is 40.9. The molecule has 56 heavy (non-hydrogen) atoms. The fourth-order valence-corrected chi connectivity index (χ4v) is 9.17. The van der Waals surface area contributed by atoms with E-state index >= 15 is 0 Å². The first-order chi connectivity index (χ1) is 27.6. The third-order valence-electron chi connectivity index (χ3n) is 13.0. The molecule has 3 nitrogen and oxygen atoms in total. The lowest BCUT2D eigenvalue weighted by Gasteiger charge is -2.44. The summed E-state index contributed by atoms with van der Waals surface area (Å²) in [7, 11) is 0. The van der Waals surface area contributed by atoms with E-state index in [1.54, 1.807) is 0 Å². The molecule has 0 spiro atoms. The highest BCUT2D eigenvalue weighted by Crippen LogP contribution is 2.36. The zero-order valence-electron chi connectivity index (χ0n) is 39.4. The van der Waals surface area contributed by atoms with Crippen molar-refractivity contribution in [1.29, 1.82) is 0 Å². The van der Waals surface area contributed by atoms with Crippen LogP contribution in [0.1, 0.15) is 310 Å². The number of hydrogen-bond donors (Lipinski definition) is 1. The van der Waals surface area contributed by atoms with E-state index in [2.05, 4.69) is 44.7 Å². The summed E-state index contributed by atoms with van der Waals surface area (Å²) in [6.45, 7) is 10.1. The maximum Gasteiger partial charge on any atom is 0.315 e. The Hall–Kier alpha value is -0.990. The number of allylic oxidation sites excluding steroid dienone is 2. The van der Waals surface area contributed by atoms with Crippen molar-refractivity contribution in [3.05, 3.63) is 12.2 Å². The first kappa shape index (κ1) is 55.0. The maximum atomic E-state index is 13.3. The van der Waals surface area contributed by atoms with Gasteiger partial charge in [0.15, 0.2) is 0 Å². The highest BCUT2D eigenvalue weighted by Gasteiger charge is 2.37. The summed E-state index contributed by atoms with van der Waals surface area (Å²) in [6.07, 6.45) is 63.6. The third kappa shape index (κ3) is 36.1. The molecule has 0 aromatic carbocycles. The summed E-state index contributed by atoms with van der Waals surface area (Å²) in [6, 6.07) is -0.146. The average molecular weight is 787 g/mol. The molecule has 0 bridgehead atoms. The van der Waals surface area contributed by atoms with Gasteiger partial charge in [0.25, 0.3) is 0 Å². The molecule has 0 aliphatic rings. The Morgan fingerprint density at radius 3 is 0.857 bits per heavy atom. The number of nitrogens with two attached hydrogens (primary N) is 1. The van der Waals surface area contributed by atoms with Crippen LogP contribution in [0.15, 0.2) is 12.2 Å². The molecule has 0 aliphatic carbocycles. The van der Waals surface area contributed by atoms with E-state index in [0.717, 1.165) is 32.2 Å². The highest BCUT2D eigenvalue weighted by atomic mass is 16.2. The summed E-state index contributed by atoms with van der Waals surface area (Å²) in [5, 5.41) is 0. The number of carbonyl (C=O) groups excluding carboxylic acids is 1. The van der Waals surface area contributed by atoms with Crippen molar-refractivity contribution < 1.29 is 4.79 Å². The molecule has 0 atom stereocenters. The Morgan fingerprint density at radius 2 is 0.589 bits per heavy atom. The van der Waals surface area contributed by atoms with Crippen molar-refractivity contribution in [2.45, 2.75) is 316 Å². The standard InChI is InChI=1S/C53H106N2O/c1-5-9-13-17-20-23-26-29-30-31-34-37-40-43-46-50-53(55(52(54)56)51-47-16-12-8-4,48-44-41-38-35-32-27-24-21-18-14-10-6-2)49-45-42-39-36-33-28-25-22-19-15-11-7-3/h29-30H,5-28,31-51H2,1-4H3,(H2,54,56)/b30-29-. The van der Waals surface area contributed by atoms with Crippen LogP contribution in [0.25, 0.3) is 0 Å². The number of amides is 2. The molecule has 0 aromatic rings. The Morgan fingerprint density at radius 1 is 0.357 bits per heavy atom. The van der Waals surface area contributed by atoms with Gasteiger partial charge in [-0.2, -0.15) is 0 Å². The normalized spacial score (nSPS) is 12.0. The number of hydrogen-bond acceptors (Lipinski definition) is 1. The molecule has 0 heterocycles. The van der Waals surface area contributed by atoms with E-state index in [9.17, 15) is 4.79 Å². The fraction of sp³-hybridized carbons (Fsp3) is 0.943. The summed E-state index contributed by atoms with van der Waals surface area (Å²) in [5.74, 6) is 0. The molecule has 0 rings (SSSR count). The van der Waals surface area contributed by atoms with Gasteiger partial charge < -0.3 is 10.6 Å². The molecule has 2 N–H and O–H groups in total. The van der Waals surface area contributed by atoms with Crippen LogP contribution in [0.4, 0.5) is 4.79 Å². The van der Waals surface area contributed by atoms with Crippen molar-refractivity contribution in [1.82, 2.24) is 4.90 Å². The molecule has 334 valence electrons. The smallest absolute Gasteiger partial charge is 0.315 e. The number of rotatable bonds is 47. The molecule has 0 unspecified atom stereocenters. The minimum Gasteiger partial charge on any atom is -0.351 e. The second kappa shape index (κ2) is 45.1. The summed E-state index contributed by atoms with van der Waals surface area (Å²) in [5.41, 5.74) is 6.30. The van der Waals surface area contributed by atoms with Crippen LogP contribution in [0.5, 0.6) is 0 Å². The average Bonchev–Trinajstić information content (AvgIpc) is 3.19. The lowest BCUT2D eigenvalue weighted by Crippen LogP contribution is -2.54. The molecule has 0 aliphatic heterocycles. The van der Waals surface area contributed by atoms with Crippen LogP contribution < -0.4 is 5.73 Å². The van der Waals surface area contributed by atoms with Gasteiger partial charge in [0, 0.05) is 12.1 Å². The summed E-state index contributed by atoms with van der Waals surface area (Å²) < 4.78 is 0. The Balaban J connectivity index is 5.13. The Kier molecular flexibility index (Phi) is 44.3. The van der Waals surface area contributed by atoms with Gasteiger partial charge in [-0.05, 0) is 51.4 Å². The second-order valence-electron chi connectivity index (χ2n) is 18.4. The van der Waals surface area contributed by atoms with Crippen molar-refractivity contribution in [3.8, 4) is 0 Å². The second-order valence-corrected chi connectivity index (χ2v) is 18.4. The van der Waals surface area contributed by atoms with Crippen LogP contribution >= 0.6 is 0 Å². The summed E-state index contributed by atoms with van der Waals surface area (Å²) in [4.78, 5) is 15.6. The van der Waals surface area contributed by atoms with Gasteiger partial charge in [0.1, 0.15) is 0 Å². The van der Waals surface area contributed by atoms with E-state index in [1.807, 2.05) is 0 Å². The molecular formula is C53H106N2O. The van der Waals surface area contributed by atoms with Gasteiger partial charge in [0.05, 0.1) is 0 Å². The van der Waals surface area contributed by atoms with Crippen LogP contribution in [-0.2, 0) is 0 Å². The predicted molar refractivity (Wildman–Crippen MR) is 254 cm³/mol. The lowest BCUT2D eigenvalue weighted by atomic mass is 9.80. The predicted octanol–water partition coefficient (Wildman–Crippen LogP) is 18.9. The molecule has 0 aromatic heterocycles. The minimum absolute atomic E-state index is 0.0473. The van der Waals surface area contributed by atoms with Gasteiger partial charge in [-0.1, -0.05) is 271 Å². The molecule has 2 amide bonds. The van der Waals surface area contributed by atoms with Gasteiger partial charge in [-0.25, -0.2) is 4.79 Å². The van der Waals surface area contributed by atoms with Crippen molar-refractivity contribution >= 4 is 6.03 Å². The first-order valence-electron chi connectivity index (χ1n) is 26.3. The number of unbranched alkanes of at least 4 members (excludes halogenated alkanes) is 36. The van der Waals surface area contributed by atoms with Crippen LogP contribution in [0.3, 0.4) is 0 Å². The number of carbonyl (C=O) groups is 1. The first-order valence-corrected chi connectivity index (χ1v) is 26.3. The molecule has 0 fully saturated rings. The monoisotopic (exact) mass is 787 g/mol. The SMILES string of the molecule is CCCCCCCC/C=C\CCCCCCCC(CCCCCCCCCCCCCC)(CCCCCCCCCCCCCC)N(CCCCCC)C(N)=O. The van der Waals surface area contributed by atoms with Crippen molar-refractivity contribution in [3.63, 3.8) is 0 Å². The highest BCUT2D eigenvalue weighted by molar-refractivity contribution is 5.73. The Bertz CT molecular complexity index is 765. The number of nitrogens with zero attached hydrogens (tertiary/aromatic N) is 1. The van der Waals surface area contributed by atoms with E-state index in [-0.39, 0.29) is 11.6 Å². The van der Waals surface area contributed by atoms with Crippen LogP contribution in [0.2, 0.25) is 0 Å². The van der Waals surface area contributed by atoms with E-state index in [1.165, 1.54) is 257 Å². The van der Waals surface area contributed by atoms with E-state index in [4.69, 9.17) is 5.73 Å². The van der Waals surface area contributed by atoms with Crippen molar-refractivity contribution in [2.24, 2.45) is 5.73 Å². The zero-order valence-corrected chi connectivity index (χ0v) is 39.4. The minimum atomic E-state index is -0.146. The quantitative estimate of drug-likeness (QED) is 0.0485. The topological polar surface area (TPSA) is 46.3 Å². The fourth-order valence-electron chi connectivity index (χ4n) is 9.17. The molecule has 0 saturated heterocycles. The largest absolute Gasteiger partial charge is 0.351 e. The molecule has 0 saturated carbocycles. The molecule has 3 heteroatoms. The number of urea groups is 1. The number of primary amides is 1. The third-order valence-corrected chi connectivity index (χ3v) is 13.0. The van der Waals surface area contributed by atoms with E-state index in [0.29, 0.717) is 0 Å². The van der Waals surface area contributed by atoms with Gasteiger partial charge in [-0.15, -0.1) is 0 Å². The lowest BCUT2D eigenvalue weighted by molar-refractivity contribution is 0.0831. The van der Waals surface area contributed by atoms with Gasteiger partial charge >= 0.3 is 6.03 Å². The molecular weight excluding hydrogens is 681 g/mol. The van der Waals surface area contributed by atoms with Gasteiger partial charge in [0.2, 0.25) is 0 Å².